The lowest BCUT2D eigenvalue weighted by molar-refractivity contribution is -0.379. The number of hydrogen-bond acceptors (Lipinski definition) is 18. The molecule has 3 heterocycles. The largest absolute Gasteiger partial charge is 0.394 e. The van der Waals surface area contributed by atoms with Crippen LogP contribution in [0.5, 0.6) is 0 Å². The van der Waals surface area contributed by atoms with Crippen molar-refractivity contribution in [1.82, 2.24) is 5.32 Å². The Hall–Kier alpha value is -2.25. The Morgan fingerprint density at radius 2 is 1.00 bits per heavy atom. The van der Waals surface area contributed by atoms with Gasteiger partial charge in [0, 0.05) is 6.42 Å². The van der Waals surface area contributed by atoms with Crippen molar-refractivity contribution < 1.29 is 89.4 Å². The average molecular weight is 990 g/mol. The van der Waals surface area contributed by atoms with Crippen LogP contribution in [0, 0.1) is 0 Å². The fourth-order valence-corrected chi connectivity index (χ4v) is 8.38. The van der Waals surface area contributed by atoms with Gasteiger partial charge in [-0.05, 0) is 51.4 Å². The third kappa shape index (κ3) is 21.0. The molecular weight excluding hydrogens is 903 g/mol. The van der Waals surface area contributed by atoms with E-state index in [0.717, 1.165) is 64.2 Å². The van der Waals surface area contributed by atoms with E-state index in [-0.39, 0.29) is 18.9 Å². The monoisotopic (exact) mass is 990 g/mol. The number of carbonyl (C=O) groups excluding carboxylic acids is 1. The normalized spacial score (nSPS) is 33.3. The topological polar surface area (TPSA) is 307 Å². The Morgan fingerprint density at radius 3 is 1.57 bits per heavy atom. The number of carbonyl (C=O) groups is 1. The van der Waals surface area contributed by atoms with E-state index in [9.17, 15) is 61.0 Å². The number of unbranched alkanes of at least 4 members (excludes halogenated alkanes) is 12. The van der Waals surface area contributed by atoms with Gasteiger partial charge in [-0.25, -0.2) is 0 Å². The van der Waals surface area contributed by atoms with Crippen molar-refractivity contribution in [1.29, 1.82) is 0 Å². The summed E-state index contributed by atoms with van der Waals surface area (Å²) in [6.45, 7) is 1.51. The molecule has 69 heavy (non-hydrogen) atoms. The van der Waals surface area contributed by atoms with Crippen LogP contribution in [-0.4, -0.2) is 193 Å². The van der Waals surface area contributed by atoms with Crippen molar-refractivity contribution in [3.05, 3.63) is 48.6 Å². The zero-order valence-corrected chi connectivity index (χ0v) is 40.8. The molecular formula is C50H87NO18. The number of nitrogens with one attached hydrogen (secondary N) is 1. The van der Waals surface area contributed by atoms with E-state index in [4.69, 9.17) is 28.4 Å². The van der Waals surface area contributed by atoms with E-state index in [2.05, 4.69) is 55.6 Å². The molecule has 19 heteroatoms. The first kappa shape index (κ1) is 61.1. The molecule has 0 bridgehead atoms. The van der Waals surface area contributed by atoms with E-state index in [1.807, 2.05) is 6.08 Å². The van der Waals surface area contributed by atoms with E-state index in [0.29, 0.717) is 6.42 Å². The Morgan fingerprint density at radius 1 is 0.536 bits per heavy atom. The number of allylic oxidation sites excluding steroid dienone is 7. The van der Waals surface area contributed by atoms with Crippen LogP contribution in [0.4, 0.5) is 0 Å². The molecule has 0 spiro atoms. The molecule has 3 saturated heterocycles. The van der Waals surface area contributed by atoms with Gasteiger partial charge < -0.3 is 89.9 Å². The van der Waals surface area contributed by atoms with Gasteiger partial charge in [0.05, 0.1) is 38.6 Å². The molecule has 0 saturated carbocycles. The Kier molecular flexibility index (Phi) is 31.0. The predicted molar refractivity (Wildman–Crippen MR) is 254 cm³/mol. The molecule has 0 aromatic carbocycles. The van der Waals surface area contributed by atoms with Crippen LogP contribution in [0.1, 0.15) is 129 Å². The SMILES string of the molecule is CC/C=C\C/C=C\C/C=C\CCCCCC(=O)NC(COC1OC(CO)C(OC2OC(CO)C(OC3OC(CO)C(O)C(O)C3O)C(O)C2O)C(O)C1O)C(O)/C=C/CCCCCCCCCCC. The first-order chi connectivity index (χ1) is 33.3. The molecule has 3 fully saturated rings. The third-order valence-corrected chi connectivity index (χ3v) is 12.6. The van der Waals surface area contributed by atoms with E-state index in [1.165, 1.54) is 38.5 Å². The Bertz CT molecular complexity index is 1460. The van der Waals surface area contributed by atoms with Crippen LogP contribution < -0.4 is 5.32 Å². The van der Waals surface area contributed by atoms with Crippen molar-refractivity contribution in [2.24, 2.45) is 0 Å². The highest BCUT2D eigenvalue weighted by Gasteiger charge is 2.53. The second-order valence-corrected chi connectivity index (χ2v) is 18.2. The molecule has 3 aliphatic heterocycles. The lowest BCUT2D eigenvalue weighted by Crippen LogP contribution is -2.66. The molecule has 0 radical (unpaired) electrons. The van der Waals surface area contributed by atoms with E-state index >= 15 is 0 Å². The maximum atomic E-state index is 13.2. The van der Waals surface area contributed by atoms with Gasteiger partial charge in [0.2, 0.25) is 5.91 Å². The van der Waals surface area contributed by atoms with Gasteiger partial charge in [-0.15, -0.1) is 0 Å². The van der Waals surface area contributed by atoms with Gasteiger partial charge in [-0.3, -0.25) is 4.79 Å². The number of ether oxygens (including phenoxy) is 6. The fraction of sp³-hybridized carbons (Fsp3) is 0.820. The molecule has 12 N–H and O–H groups in total. The minimum atomic E-state index is -1.98. The maximum Gasteiger partial charge on any atom is 0.220 e. The summed E-state index contributed by atoms with van der Waals surface area (Å²) >= 11 is 0. The van der Waals surface area contributed by atoms with Crippen molar-refractivity contribution in [2.45, 2.75) is 234 Å². The lowest BCUT2D eigenvalue weighted by atomic mass is 9.96. The first-order valence-corrected chi connectivity index (χ1v) is 25.4. The Labute approximate surface area is 408 Å². The molecule has 1 amide bonds. The number of hydrogen-bond donors (Lipinski definition) is 12. The Balaban J connectivity index is 1.58. The van der Waals surface area contributed by atoms with Gasteiger partial charge in [0.1, 0.15) is 73.2 Å². The molecule has 0 aromatic rings. The second kappa shape index (κ2) is 35.0. The summed E-state index contributed by atoms with van der Waals surface area (Å²) in [6.07, 6.45) is 6.98. The van der Waals surface area contributed by atoms with Gasteiger partial charge in [-0.2, -0.15) is 0 Å². The van der Waals surface area contributed by atoms with Gasteiger partial charge in [0.25, 0.3) is 0 Å². The molecule has 0 aliphatic carbocycles. The average Bonchev–Trinajstić information content (AvgIpc) is 3.34. The van der Waals surface area contributed by atoms with Gasteiger partial charge in [0.15, 0.2) is 18.9 Å². The van der Waals surface area contributed by atoms with Crippen LogP contribution in [0.3, 0.4) is 0 Å². The number of rotatable bonds is 34. The molecule has 17 atom stereocenters. The molecule has 3 rings (SSSR count). The van der Waals surface area contributed by atoms with Crippen molar-refractivity contribution in [3.8, 4) is 0 Å². The number of amides is 1. The quantitative estimate of drug-likeness (QED) is 0.0322. The van der Waals surface area contributed by atoms with Gasteiger partial charge in [-0.1, -0.05) is 120 Å². The summed E-state index contributed by atoms with van der Waals surface area (Å²) in [5, 5.41) is 119. The third-order valence-electron chi connectivity index (χ3n) is 12.6. The predicted octanol–water partition coefficient (Wildman–Crippen LogP) is 1.58. The number of aliphatic hydroxyl groups is 11. The van der Waals surface area contributed by atoms with Crippen LogP contribution in [0.25, 0.3) is 0 Å². The van der Waals surface area contributed by atoms with Crippen LogP contribution >= 0.6 is 0 Å². The molecule has 0 aromatic heterocycles. The summed E-state index contributed by atoms with van der Waals surface area (Å²) in [4.78, 5) is 13.2. The standard InChI is InChI=1S/C50H87NO18/c1-3-5-7-9-11-13-15-16-18-20-22-24-26-28-38(56)51-33(34(55)27-25-23-21-19-17-14-12-10-8-6-4-2)32-64-48-44(62)41(59)46(36(30-53)66-48)69-50-45(63)42(60)47(37(31-54)67-50)68-49-43(61)40(58)39(57)35(29-52)65-49/h5,7,11,13,16,18,25,27,33-37,39-50,52-55,57-63H,3-4,6,8-10,12,14-15,17,19-24,26,28-32H2,1-2H3,(H,51,56)/b7-5-,13-11-,18-16-,27-25+. The number of aliphatic hydroxyl groups excluding tert-OH is 11. The lowest BCUT2D eigenvalue weighted by Gasteiger charge is -2.48. The van der Waals surface area contributed by atoms with E-state index in [1.54, 1.807) is 6.08 Å². The first-order valence-electron chi connectivity index (χ1n) is 25.4. The van der Waals surface area contributed by atoms with E-state index < -0.39 is 124 Å². The highest BCUT2D eigenvalue weighted by molar-refractivity contribution is 5.76. The van der Waals surface area contributed by atoms with Gasteiger partial charge >= 0.3 is 0 Å². The minimum absolute atomic E-state index is 0.206. The summed E-state index contributed by atoms with van der Waals surface area (Å²) in [5.41, 5.74) is 0. The highest BCUT2D eigenvalue weighted by atomic mass is 16.8. The van der Waals surface area contributed by atoms with Crippen molar-refractivity contribution in [2.75, 3.05) is 26.4 Å². The summed E-state index contributed by atoms with van der Waals surface area (Å²) in [6, 6.07) is -0.986. The summed E-state index contributed by atoms with van der Waals surface area (Å²) in [7, 11) is 0. The van der Waals surface area contributed by atoms with Crippen molar-refractivity contribution in [3.63, 3.8) is 0 Å². The molecule has 19 nitrogen and oxygen atoms in total. The van der Waals surface area contributed by atoms with Crippen LogP contribution in [-0.2, 0) is 33.2 Å². The molecule has 400 valence electrons. The summed E-state index contributed by atoms with van der Waals surface area (Å²) < 4.78 is 34.0. The van der Waals surface area contributed by atoms with Crippen LogP contribution in [0.15, 0.2) is 48.6 Å². The highest BCUT2D eigenvalue weighted by Crippen LogP contribution is 2.33. The molecule has 17 unspecified atom stereocenters. The second-order valence-electron chi connectivity index (χ2n) is 18.2. The zero-order valence-electron chi connectivity index (χ0n) is 40.8. The van der Waals surface area contributed by atoms with Crippen LogP contribution in [0.2, 0.25) is 0 Å². The zero-order chi connectivity index (χ0) is 50.6. The minimum Gasteiger partial charge on any atom is -0.394 e. The maximum absolute atomic E-state index is 13.2. The van der Waals surface area contributed by atoms with Crippen molar-refractivity contribution >= 4 is 5.91 Å². The smallest absolute Gasteiger partial charge is 0.220 e. The summed E-state index contributed by atoms with van der Waals surface area (Å²) in [5.74, 6) is -0.310. The molecule has 3 aliphatic rings. The fourth-order valence-electron chi connectivity index (χ4n) is 8.38.